The lowest BCUT2D eigenvalue weighted by Gasteiger charge is -2.14. The molecule has 0 spiro atoms. The standard InChI is InChI=1S/C22H26N2.CH4/c1-18(7-5-6-10-19-8-3-2-4-9-19)24-16-20-11-12-22-17-23-14-13-21(22)15-20;/h2-4,8-9,11-15,17-18,24H,5-7,10,16H2,1H3;1H4/t18-;/m0./s1. The molecule has 0 aliphatic rings. The van der Waals surface area contributed by atoms with Gasteiger partial charge in [-0.2, -0.15) is 0 Å². The predicted octanol–water partition coefficient (Wildman–Crippen LogP) is 5.76. The number of rotatable bonds is 8. The lowest BCUT2D eigenvalue weighted by atomic mass is 10.0. The Morgan fingerprint density at radius 1 is 0.920 bits per heavy atom. The predicted molar refractivity (Wildman–Crippen MR) is 109 cm³/mol. The van der Waals surface area contributed by atoms with Crippen molar-refractivity contribution in [2.45, 2.75) is 52.6 Å². The molecule has 2 aromatic carbocycles. The van der Waals surface area contributed by atoms with Gasteiger partial charge < -0.3 is 5.32 Å². The monoisotopic (exact) mass is 334 g/mol. The molecule has 0 amide bonds. The minimum atomic E-state index is 0. The van der Waals surface area contributed by atoms with Gasteiger partial charge in [-0.05, 0) is 54.8 Å². The molecule has 0 bridgehead atoms. The molecule has 3 rings (SSSR count). The minimum absolute atomic E-state index is 0. The lowest BCUT2D eigenvalue weighted by Crippen LogP contribution is -2.25. The fraction of sp³-hybridized carbons (Fsp3) is 0.348. The Bertz CT molecular complexity index is 752. The Labute approximate surface area is 152 Å². The smallest absolute Gasteiger partial charge is 0.0346 e. The van der Waals surface area contributed by atoms with Gasteiger partial charge in [0.25, 0.3) is 0 Å². The van der Waals surface area contributed by atoms with Crippen LogP contribution >= 0.6 is 0 Å². The van der Waals surface area contributed by atoms with E-state index in [1.54, 1.807) is 0 Å². The van der Waals surface area contributed by atoms with E-state index in [9.17, 15) is 0 Å². The van der Waals surface area contributed by atoms with Crippen LogP contribution in [0.3, 0.4) is 0 Å². The van der Waals surface area contributed by atoms with Crippen molar-refractivity contribution in [3.63, 3.8) is 0 Å². The van der Waals surface area contributed by atoms with Gasteiger partial charge in [-0.15, -0.1) is 0 Å². The molecule has 3 aromatic rings. The average molecular weight is 335 g/mol. The second-order valence-corrected chi connectivity index (χ2v) is 6.57. The first kappa shape index (κ1) is 19.1. The summed E-state index contributed by atoms with van der Waals surface area (Å²) in [7, 11) is 0. The summed E-state index contributed by atoms with van der Waals surface area (Å²) < 4.78 is 0. The Balaban J connectivity index is 0.00000225. The summed E-state index contributed by atoms with van der Waals surface area (Å²) in [6.07, 6.45) is 8.72. The van der Waals surface area contributed by atoms with E-state index in [0.717, 1.165) is 6.54 Å². The number of unbranched alkanes of at least 4 members (excludes halogenated alkanes) is 1. The molecule has 0 radical (unpaired) electrons. The van der Waals surface area contributed by atoms with Crippen LogP contribution in [0.2, 0.25) is 0 Å². The highest BCUT2D eigenvalue weighted by Crippen LogP contribution is 2.15. The van der Waals surface area contributed by atoms with Crippen LogP contribution < -0.4 is 5.32 Å². The molecule has 1 heterocycles. The zero-order valence-corrected chi connectivity index (χ0v) is 14.4. The van der Waals surface area contributed by atoms with E-state index < -0.39 is 0 Å². The van der Waals surface area contributed by atoms with Gasteiger partial charge in [-0.25, -0.2) is 0 Å². The van der Waals surface area contributed by atoms with E-state index in [4.69, 9.17) is 0 Å². The Hall–Kier alpha value is -2.19. The Kier molecular flexibility index (Phi) is 7.62. The maximum Gasteiger partial charge on any atom is 0.0346 e. The second kappa shape index (κ2) is 9.95. The molecular formula is C23H30N2. The first-order valence-corrected chi connectivity index (χ1v) is 8.91. The van der Waals surface area contributed by atoms with Gasteiger partial charge in [0.15, 0.2) is 0 Å². The first-order valence-electron chi connectivity index (χ1n) is 8.91. The van der Waals surface area contributed by atoms with E-state index in [1.165, 1.54) is 47.6 Å². The third-order valence-electron chi connectivity index (χ3n) is 4.56. The molecule has 132 valence electrons. The van der Waals surface area contributed by atoms with Crippen molar-refractivity contribution in [2.24, 2.45) is 0 Å². The van der Waals surface area contributed by atoms with Gasteiger partial charge in [0.2, 0.25) is 0 Å². The third-order valence-corrected chi connectivity index (χ3v) is 4.56. The zero-order chi connectivity index (χ0) is 16.6. The maximum absolute atomic E-state index is 4.16. The topological polar surface area (TPSA) is 24.9 Å². The molecule has 0 fully saturated rings. The van der Waals surface area contributed by atoms with Gasteiger partial charge in [-0.1, -0.05) is 56.3 Å². The van der Waals surface area contributed by atoms with Crippen molar-refractivity contribution in [1.82, 2.24) is 10.3 Å². The summed E-state index contributed by atoms with van der Waals surface area (Å²) >= 11 is 0. The number of nitrogens with zero attached hydrogens (tertiary/aromatic N) is 1. The summed E-state index contributed by atoms with van der Waals surface area (Å²) in [6, 6.07) is 20.0. The first-order chi connectivity index (χ1) is 11.8. The van der Waals surface area contributed by atoms with Crippen molar-refractivity contribution in [1.29, 1.82) is 0 Å². The Morgan fingerprint density at radius 3 is 2.60 bits per heavy atom. The molecule has 2 heteroatoms. The molecule has 2 nitrogen and oxygen atoms in total. The minimum Gasteiger partial charge on any atom is -0.310 e. The number of aromatic nitrogens is 1. The van der Waals surface area contributed by atoms with Crippen molar-refractivity contribution in [2.75, 3.05) is 0 Å². The average Bonchev–Trinajstić information content (AvgIpc) is 2.64. The molecule has 0 saturated carbocycles. The number of nitrogens with one attached hydrogen (secondary N) is 1. The van der Waals surface area contributed by atoms with Gasteiger partial charge >= 0.3 is 0 Å². The number of hydrogen-bond donors (Lipinski definition) is 1. The summed E-state index contributed by atoms with van der Waals surface area (Å²) in [5.41, 5.74) is 2.79. The highest BCUT2D eigenvalue weighted by molar-refractivity contribution is 5.81. The summed E-state index contributed by atoms with van der Waals surface area (Å²) in [6.45, 7) is 3.21. The highest BCUT2D eigenvalue weighted by Gasteiger charge is 2.03. The highest BCUT2D eigenvalue weighted by atomic mass is 14.9. The summed E-state index contributed by atoms with van der Waals surface area (Å²) in [5, 5.41) is 6.11. The zero-order valence-electron chi connectivity index (χ0n) is 14.4. The van der Waals surface area contributed by atoms with Gasteiger partial charge in [0.1, 0.15) is 0 Å². The van der Waals surface area contributed by atoms with E-state index >= 15 is 0 Å². The molecule has 0 saturated heterocycles. The van der Waals surface area contributed by atoms with Crippen LogP contribution in [0, 0.1) is 0 Å². The molecule has 1 N–H and O–H groups in total. The number of aryl methyl sites for hydroxylation is 1. The fourth-order valence-electron chi connectivity index (χ4n) is 3.06. The second-order valence-electron chi connectivity index (χ2n) is 6.57. The molecule has 0 aliphatic heterocycles. The van der Waals surface area contributed by atoms with Crippen LogP contribution in [0.4, 0.5) is 0 Å². The molecule has 25 heavy (non-hydrogen) atoms. The summed E-state index contributed by atoms with van der Waals surface area (Å²) in [5.74, 6) is 0. The van der Waals surface area contributed by atoms with Gasteiger partial charge in [0.05, 0.1) is 0 Å². The molecule has 0 aliphatic carbocycles. The number of pyridine rings is 1. The molecule has 1 atom stereocenters. The van der Waals surface area contributed by atoms with Crippen molar-refractivity contribution < 1.29 is 0 Å². The van der Waals surface area contributed by atoms with Crippen LogP contribution in [0.25, 0.3) is 10.8 Å². The maximum atomic E-state index is 4.16. The lowest BCUT2D eigenvalue weighted by molar-refractivity contribution is 0.489. The third kappa shape index (κ3) is 5.99. The van der Waals surface area contributed by atoms with Crippen LogP contribution in [0.1, 0.15) is 44.7 Å². The SMILES string of the molecule is C.C[C@@H](CCCCc1ccccc1)NCc1ccc2cnccc2c1. The fourth-order valence-corrected chi connectivity index (χ4v) is 3.06. The van der Waals surface area contributed by atoms with E-state index in [2.05, 4.69) is 71.8 Å². The normalized spacial score (nSPS) is 11.9. The van der Waals surface area contributed by atoms with Crippen LogP contribution in [0.5, 0.6) is 0 Å². The van der Waals surface area contributed by atoms with Gasteiger partial charge in [0, 0.05) is 30.4 Å². The van der Waals surface area contributed by atoms with Crippen LogP contribution in [0.15, 0.2) is 67.0 Å². The van der Waals surface area contributed by atoms with Crippen molar-refractivity contribution in [3.8, 4) is 0 Å². The van der Waals surface area contributed by atoms with E-state index in [1.807, 2.05) is 12.4 Å². The molecular weight excluding hydrogens is 304 g/mol. The molecule has 1 aromatic heterocycles. The summed E-state index contributed by atoms with van der Waals surface area (Å²) in [4.78, 5) is 4.16. The largest absolute Gasteiger partial charge is 0.310 e. The van der Waals surface area contributed by atoms with Crippen molar-refractivity contribution >= 4 is 10.8 Å². The van der Waals surface area contributed by atoms with Crippen molar-refractivity contribution in [3.05, 3.63) is 78.1 Å². The number of benzene rings is 2. The van der Waals surface area contributed by atoms with E-state index in [-0.39, 0.29) is 7.43 Å². The van der Waals surface area contributed by atoms with Crippen LogP contribution in [-0.2, 0) is 13.0 Å². The van der Waals surface area contributed by atoms with Crippen LogP contribution in [-0.4, -0.2) is 11.0 Å². The van der Waals surface area contributed by atoms with E-state index in [0.29, 0.717) is 6.04 Å². The van der Waals surface area contributed by atoms with Gasteiger partial charge in [-0.3, -0.25) is 4.98 Å². The number of fused-ring (bicyclic) bond motifs is 1. The quantitative estimate of drug-likeness (QED) is 0.530. The molecule has 0 unspecified atom stereocenters. The number of hydrogen-bond acceptors (Lipinski definition) is 2. The Morgan fingerprint density at radius 2 is 1.76 bits per heavy atom.